The molecule has 0 aromatic rings. The molecule has 1 rings (SSSR count). The Balaban J connectivity index is 2.55. The minimum atomic E-state index is -0.601. The first-order valence-electron chi connectivity index (χ1n) is 7.62. The normalized spacial score (nSPS) is 22.9. The summed E-state index contributed by atoms with van der Waals surface area (Å²) < 4.78 is 0. The van der Waals surface area contributed by atoms with E-state index in [-0.39, 0.29) is 5.91 Å². The smallest absolute Gasteiger partial charge is 0.238 e. The van der Waals surface area contributed by atoms with Gasteiger partial charge in [-0.25, -0.2) is 0 Å². The Morgan fingerprint density at radius 3 is 2.37 bits per heavy atom. The standard InChI is InChI=1S/C15H31N3O/c1-5-9-17-15(4,13(16)19)12-18-10-7-14(3,6-2)8-11-18/h17H,5-12H2,1-4H3,(H2,16,19). The number of rotatable bonds is 7. The van der Waals surface area contributed by atoms with Crippen LogP contribution in [0, 0.1) is 5.41 Å². The van der Waals surface area contributed by atoms with Crippen molar-refractivity contribution in [3.8, 4) is 0 Å². The van der Waals surface area contributed by atoms with Crippen molar-refractivity contribution in [3.05, 3.63) is 0 Å². The van der Waals surface area contributed by atoms with Gasteiger partial charge in [0.05, 0.1) is 0 Å². The van der Waals surface area contributed by atoms with E-state index in [0.717, 1.165) is 32.6 Å². The number of nitrogens with zero attached hydrogens (tertiary/aromatic N) is 1. The molecule has 0 saturated carbocycles. The van der Waals surface area contributed by atoms with Crippen LogP contribution in [0.4, 0.5) is 0 Å². The number of carbonyl (C=O) groups is 1. The van der Waals surface area contributed by atoms with Crippen molar-refractivity contribution in [1.82, 2.24) is 10.2 Å². The molecular formula is C15H31N3O. The van der Waals surface area contributed by atoms with Gasteiger partial charge in [0.1, 0.15) is 5.54 Å². The van der Waals surface area contributed by atoms with Gasteiger partial charge in [0.25, 0.3) is 0 Å². The van der Waals surface area contributed by atoms with E-state index in [4.69, 9.17) is 5.73 Å². The Labute approximate surface area is 118 Å². The van der Waals surface area contributed by atoms with Gasteiger partial charge in [-0.05, 0) is 51.2 Å². The third-order valence-electron chi connectivity index (χ3n) is 4.77. The summed E-state index contributed by atoms with van der Waals surface area (Å²) >= 11 is 0. The van der Waals surface area contributed by atoms with Crippen LogP contribution in [0.1, 0.15) is 53.4 Å². The van der Waals surface area contributed by atoms with Crippen molar-refractivity contribution >= 4 is 5.91 Å². The summed E-state index contributed by atoms with van der Waals surface area (Å²) in [5.74, 6) is -0.246. The Bertz CT molecular complexity index is 298. The lowest BCUT2D eigenvalue weighted by Crippen LogP contribution is -2.60. The molecule has 1 amide bonds. The van der Waals surface area contributed by atoms with E-state index < -0.39 is 5.54 Å². The SMILES string of the molecule is CCCNC(C)(CN1CCC(C)(CC)CC1)C(N)=O. The molecule has 4 heteroatoms. The number of nitrogens with two attached hydrogens (primary N) is 1. The highest BCUT2D eigenvalue weighted by atomic mass is 16.1. The number of carbonyl (C=O) groups excluding carboxylic acids is 1. The van der Waals surface area contributed by atoms with Gasteiger partial charge in [0, 0.05) is 6.54 Å². The summed E-state index contributed by atoms with van der Waals surface area (Å²) in [6.07, 6.45) is 4.68. The van der Waals surface area contributed by atoms with Gasteiger partial charge in [0.2, 0.25) is 5.91 Å². The second kappa shape index (κ2) is 6.71. The average Bonchev–Trinajstić information content (AvgIpc) is 2.39. The van der Waals surface area contributed by atoms with E-state index in [2.05, 4.69) is 31.0 Å². The van der Waals surface area contributed by atoms with Gasteiger partial charge < -0.3 is 16.0 Å². The zero-order chi connectivity index (χ0) is 14.5. The molecule has 1 unspecified atom stereocenters. The van der Waals surface area contributed by atoms with Gasteiger partial charge in [0.15, 0.2) is 0 Å². The molecule has 1 fully saturated rings. The highest BCUT2D eigenvalue weighted by molar-refractivity contribution is 5.84. The van der Waals surface area contributed by atoms with Crippen LogP contribution in [0.3, 0.4) is 0 Å². The van der Waals surface area contributed by atoms with Crippen LogP contribution >= 0.6 is 0 Å². The molecule has 0 aromatic heterocycles. The zero-order valence-electron chi connectivity index (χ0n) is 13.1. The summed E-state index contributed by atoms with van der Waals surface area (Å²) in [7, 11) is 0. The molecule has 0 aromatic carbocycles. The monoisotopic (exact) mass is 269 g/mol. The predicted molar refractivity (Wildman–Crippen MR) is 80.0 cm³/mol. The lowest BCUT2D eigenvalue weighted by atomic mass is 9.78. The molecule has 0 radical (unpaired) electrons. The third-order valence-corrected chi connectivity index (χ3v) is 4.77. The first-order valence-corrected chi connectivity index (χ1v) is 7.62. The highest BCUT2D eigenvalue weighted by Gasteiger charge is 2.35. The summed E-state index contributed by atoms with van der Waals surface area (Å²) in [5, 5.41) is 3.31. The number of hydrogen-bond acceptors (Lipinski definition) is 3. The second-order valence-corrected chi connectivity index (χ2v) is 6.56. The quantitative estimate of drug-likeness (QED) is 0.740. The van der Waals surface area contributed by atoms with Crippen molar-refractivity contribution < 1.29 is 4.79 Å². The van der Waals surface area contributed by atoms with Gasteiger partial charge >= 0.3 is 0 Å². The lowest BCUT2D eigenvalue weighted by Gasteiger charge is -2.42. The number of amides is 1. The van der Waals surface area contributed by atoms with Crippen molar-refractivity contribution in [2.45, 2.75) is 58.9 Å². The summed E-state index contributed by atoms with van der Waals surface area (Å²) in [4.78, 5) is 14.1. The zero-order valence-corrected chi connectivity index (χ0v) is 13.1. The summed E-state index contributed by atoms with van der Waals surface area (Å²) in [6, 6.07) is 0. The van der Waals surface area contributed by atoms with Crippen molar-refractivity contribution in [1.29, 1.82) is 0 Å². The van der Waals surface area contributed by atoms with E-state index in [0.29, 0.717) is 5.41 Å². The minimum Gasteiger partial charge on any atom is -0.368 e. The predicted octanol–water partition coefficient (Wildman–Crippen LogP) is 1.74. The van der Waals surface area contributed by atoms with Gasteiger partial charge in [-0.1, -0.05) is 27.2 Å². The fraction of sp³-hybridized carbons (Fsp3) is 0.933. The highest BCUT2D eigenvalue weighted by Crippen LogP contribution is 2.34. The van der Waals surface area contributed by atoms with E-state index in [1.54, 1.807) is 0 Å². The van der Waals surface area contributed by atoms with E-state index in [9.17, 15) is 4.79 Å². The fourth-order valence-electron chi connectivity index (χ4n) is 2.67. The topological polar surface area (TPSA) is 58.4 Å². The van der Waals surface area contributed by atoms with Crippen LogP contribution in [-0.2, 0) is 4.79 Å². The van der Waals surface area contributed by atoms with Crippen LogP contribution in [0.5, 0.6) is 0 Å². The number of likely N-dealkylation sites (tertiary alicyclic amines) is 1. The lowest BCUT2D eigenvalue weighted by molar-refractivity contribution is -0.124. The molecule has 1 atom stereocenters. The van der Waals surface area contributed by atoms with Crippen LogP contribution < -0.4 is 11.1 Å². The first-order chi connectivity index (χ1) is 8.85. The third kappa shape index (κ3) is 4.46. The summed E-state index contributed by atoms with van der Waals surface area (Å²) in [6.45, 7) is 12.4. The molecule has 1 aliphatic heterocycles. The number of primary amides is 1. The first kappa shape index (κ1) is 16.4. The Hall–Kier alpha value is -0.610. The Morgan fingerprint density at radius 1 is 1.37 bits per heavy atom. The van der Waals surface area contributed by atoms with Gasteiger partial charge in [-0.3, -0.25) is 4.79 Å². The molecule has 3 N–H and O–H groups in total. The molecule has 0 spiro atoms. The van der Waals surface area contributed by atoms with Gasteiger partial charge in [-0.2, -0.15) is 0 Å². The Kier molecular flexibility index (Phi) is 5.81. The van der Waals surface area contributed by atoms with Gasteiger partial charge in [-0.15, -0.1) is 0 Å². The second-order valence-electron chi connectivity index (χ2n) is 6.56. The van der Waals surface area contributed by atoms with E-state index >= 15 is 0 Å². The van der Waals surface area contributed by atoms with E-state index in [1.807, 2.05) is 6.92 Å². The average molecular weight is 269 g/mol. The minimum absolute atomic E-state index is 0.246. The van der Waals surface area contributed by atoms with Crippen LogP contribution in [0.15, 0.2) is 0 Å². The maximum atomic E-state index is 11.7. The van der Waals surface area contributed by atoms with Crippen LogP contribution in [0.25, 0.3) is 0 Å². The van der Waals surface area contributed by atoms with Crippen molar-refractivity contribution in [2.75, 3.05) is 26.2 Å². The fourth-order valence-corrected chi connectivity index (χ4v) is 2.67. The summed E-state index contributed by atoms with van der Waals surface area (Å²) in [5.41, 5.74) is 5.46. The maximum absolute atomic E-state index is 11.7. The molecule has 0 aliphatic carbocycles. The molecule has 19 heavy (non-hydrogen) atoms. The van der Waals surface area contributed by atoms with Crippen molar-refractivity contribution in [2.24, 2.45) is 11.1 Å². The maximum Gasteiger partial charge on any atom is 0.238 e. The van der Waals surface area contributed by atoms with Crippen LogP contribution in [-0.4, -0.2) is 42.5 Å². The molecule has 112 valence electrons. The molecular weight excluding hydrogens is 238 g/mol. The van der Waals surface area contributed by atoms with Crippen LogP contribution in [0.2, 0.25) is 0 Å². The molecule has 1 saturated heterocycles. The molecule has 1 heterocycles. The van der Waals surface area contributed by atoms with Crippen molar-refractivity contribution in [3.63, 3.8) is 0 Å². The molecule has 4 nitrogen and oxygen atoms in total. The Morgan fingerprint density at radius 2 is 1.95 bits per heavy atom. The molecule has 1 aliphatic rings. The number of nitrogens with one attached hydrogen (secondary N) is 1. The number of piperidine rings is 1. The largest absolute Gasteiger partial charge is 0.368 e. The molecule has 0 bridgehead atoms. The number of hydrogen-bond donors (Lipinski definition) is 2. The van der Waals surface area contributed by atoms with E-state index in [1.165, 1.54) is 19.3 Å².